The number of urea groups is 1. The maximum atomic E-state index is 14.0. The molecule has 1 fully saturated rings. The van der Waals surface area contributed by atoms with Gasteiger partial charge in [-0.3, -0.25) is 19.5 Å². The molecule has 8 heteroatoms. The van der Waals surface area contributed by atoms with Gasteiger partial charge < -0.3 is 14.8 Å². The number of aromatic hydroxyl groups is 1. The normalized spacial score (nSPS) is 23.3. The van der Waals surface area contributed by atoms with Crippen molar-refractivity contribution in [2.75, 3.05) is 32.8 Å². The summed E-state index contributed by atoms with van der Waals surface area (Å²) < 4.78 is 5.77. The highest BCUT2D eigenvalue weighted by Crippen LogP contribution is 2.49. The summed E-state index contributed by atoms with van der Waals surface area (Å²) >= 11 is 0. The molecule has 2 N–H and O–H groups in total. The van der Waals surface area contributed by atoms with Gasteiger partial charge >= 0.3 is 6.03 Å². The van der Waals surface area contributed by atoms with Gasteiger partial charge in [0.25, 0.3) is 5.91 Å². The summed E-state index contributed by atoms with van der Waals surface area (Å²) in [6, 6.07) is 12.1. The molecule has 38 heavy (non-hydrogen) atoms. The Bertz CT molecular complexity index is 1430. The molecule has 1 aromatic heterocycles. The number of aromatic amines is 1. The summed E-state index contributed by atoms with van der Waals surface area (Å²) in [5, 5.41) is 11.3. The Kier molecular flexibility index (Phi) is 6.14. The lowest BCUT2D eigenvalue weighted by Crippen LogP contribution is -2.53. The van der Waals surface area contributed by atoms with Crippen LogP contribution in [0.4, 0.5) is 4.79 Å². The molecule has 1 saturated heterocycles. The summed E-state index contributed by atoms with van der Waals surface area (Å²) in [7, 11) is 0. The monoisotopic (exact) mass is 514 g/mol. The number of phenols is 1. The molecule has 0 aliphatic carbocycles. The first-order valence-corrected chi connectivity index (χ1v) is 13.5. The second-order valence-corrected chi connectivity index (χ2v) is 10.6. The van der Waals surface area contributed by atoms with Crippen molar-refractivity contribution in [3.05, 3.63) is 71.4 Å². The summed E-state index contributed by atoms with van der Waals surface area (Å²) in [6.45, 7) is 7.55. The molecule has 3 aliphatic heterocycles. The number of H-pyrrole nitrogens is 1. The lowest BCUT2D eigenvalue weighted by Gasteiger charge is -2.42. The molecular weight excluding hydrogens is 480 g/mol. The molecule has 8 nitrogen and oxygen atoms in total. The maximum Gasteiger partial charge on any atom is 0.328 e. The van der Waals surface area contributed by atoms with Crippen LogP contribution in [0.5, 0.6) is 11.5 Å². The molecule has 3 aliphatic rings. The van der Waals surface area contributed by atoms with Gasteiger partial charge in [0.05, 0.1) is 6.61 Å². The Morgan fingerprint density at radius 1 is 1.13 bits per heavy atom. The Balaban J connectivity index is 1.39. The zero-order valence-corrected chi connectivity index (χ0v) is 21.9. The van der Waals surface area contributed by atoms with Crippen LogP contribution in [0, 0.1) is 0 Å². The molecule has 3 amide bonds. The molecule has 0 bridgehead atoms. The van der Waals surface area contributed by atoms with Crippen LogP contribution >= 0.6 is 0 Å². The zero-order chi connectivity index (χ0) is 26.4. The van der Waals surface area contributed by atoms with Gasteiger partial charge in [-0.15, -0.1) is 0 Å². The van der Waals surface area contributed by atoms with E-state index in [9.17, 15) is 14.7 Å². The maximum absolute atomic E-state index is 14.0. The van der Waals surface area contributed by atoms with E-state index in [0.717, 1.165) is 65.9 Å². The Morgan fingerprint density at radius 2 is 2.00 bits per heavy atom. The second kappa shape index (κ2) is 9.51. The van der Waals surface area contributed by atoms with Gasteiger partial charge in [0.1, 0.15) is 23.1 Å². The van der Waals surface area contributed by atoms with Crippen molar-refractivity contribution >= 4 is 22.8 Å². The smallest absolute Gasteiger partial charge is 0.328 e. The van der Waals surface area contributed by atoms with Crippen molar-refractivity contribution in [2.24, 2.45) is 0 Å². The molecule has 6 rings (SSSR count). The number of ether oxygens (including phenoxy) is 1. The number of hydrogen-bond donors (Lipinski definition) is 2. The third-order valence-electron chi connectivity index (χ3n) is 8.13. The lowest BCUT2D eigenvalue weighted by atomic mass is 9.81. The first-order valence-electron chi connectivity index (χ1n) is 13.5. The third-order valence-corrected chi connectivity index (χ3v) is 8.13. The molecule has 0 saturated carbocycles. The van der Waals surface area contributed by atoms with Crippen LogP contribution in [-0.2, 0) is 11.2 Å². The minimum atomic E-state index is -1.04. The second-order valence-electron chi connectivity index (χ2n) is 10.6. The van der Waals surface area contributed by atoms with Gasteiger partial charge in [0, 0.05) is 49.2 Å². The molecule has 2 aromatic carbocycles. The van der Waals surface area contributed by atoms with Gasteiger partial charge in [-0.25, -0.2) is 4.79 Å². The standard InChI is InChI=1S/C30H34N4O4/c1-3-38-22-11-12-25-23(18-22)24-19-30(2)28(36)33(16-8-15-32-13-5-4-6-14-32)29(37)34(30)27(26(24)31-25)20-9-7-10-21(35)17-20/h4-5,7,9-12,17-18,27,31,35H,3,6,8,13-16,19H2,1-2H3/t27-,30+/m1/s1. The lowest BCUT2D eigenvalue weighted by molar-refractivity contribution is -0.133. The van der Waals surface area contributed by atoms with Gasteiger partial charge in [-0.1, -0.05) is 24.3 Å². The van der Waals surface area contributed by atoms with E-state index in [1.807, 2.05) is 38.1 Å². The number of fused-ring (bicyclic) bond motifs is 4. The quantitative estimate of drug-likeness (QED) is 0.356. The largest absolute Gasteiger partial charge is 0.508 e. The van der Waals surface area contributed by atoms with Crippen molar-refractivity contribution in [1.82, 2.24) is 19.7 Å². The van der Waals surface area contributed by atoms with E-state index >= 15 is 0 Å². The predicted molar refractivity (Wildman–Crippen MR) is 145 cm³/mol. The van der Waals surface area contributed by atoms with Crippen LogP contribution in [0.3, 0.4) is 0 Å². The molecule has 2 atom stereocenters. The van der Waals surface area contributed by atoms with Gasteiger partial charge in [-0.05, 0) is 68.1 Å². The number of nitrogens with one attached hydrogen (secondary N) is 1. The molecular formula is C30H34N4O4. The number of benzene rings is 2. The minimum Gasteiger partial charge on any atom is -0.508 e. The third kappa shape index (κ3) is 3.95. The molecule has 3 aromatic rings. The highest BCUT2D eigenvalue weighted by atomic mass is 16.5. The summed E-state index contributed by atoms with van der Waals surface area (Å²) in [6.07, 6.45) is 6.55. The molecule has 0 radical (unpaired) electrons. The van der Waals surface area contributed by atoms with Gasteiger partial charge in [0.2, 0.25) is 0 Å². The van der Waals surface area contributed by atoms with E-state index in [1.165, 1.54) is 4.90 Å². The Labute approximate surface area is 222 Å². The predicted octanol–water partition coefficient (Wildman–Crippen LogP) is 4.59. The van der Waals surface area contributed by atoms with Crippen LogP contribution in [-0.4, -0.2) is 75.1 Å². The van der Waals surface area contributed by atoms with E-state index in [0.29, 0.717) is 19.6 Å². The fourth-order valence-corrected chi connectivity index (χ4v) is 6.33. The van der Waals surface area contributed by atoms with E-state index in [2.05, 4.69) is 22.0 Å². The van der Waals surface area contributed by atoms with E-state index in [4.69, 9.17) is 4.74 Å². The molecule has 4 heterocycles. The topological polar surface area (TPSA) is 89.1 Å². The number of carbonyl (C=O) groups is 2. The van der Waals surface area contributed by atoms with E-state index in [1.54, 1.807) is 23.1 Å². The van der Waals surface area contributed by atoms with Crippen LogP contribution in [0.25, 0.3) is 10.9 Å². The van der Waals surface area contributed by atoms with E-state index in [-0.39, 0.29) is 17.7 Å². The highest BCUT2D eigenvalue weighted by Gasteiger charge is 2.60. The number of amides is 3. The number of imide groups is 1. The van der Waals surface area contributed by atoms with Gasteiger partial charge in [-0.2, -0.15) is 0 Å². The average Bonchev–Trinajstić information content (AvgIpc) is 3.35. The molecule has 0 unspecified atom stereocenters. The highest BCUT2D eigenvalue weighted by molar-refractivity contribution is 6.08. The van der Waals surface area contributed by atoms with Crippen molar-refractivity contribution < 1.29 is 19.4 Å². The van der Waals surface area contributed by atoms with Crippen LogP contribution in [0.1, 0.15) is 49.6 Å². The Morgan fingerprint density at radius 3 is 2.76 bits per heavy atom. The van der Waals surface area contributed by atoms with Crippen molar-refractivity contribution in [3.8, 4) is 11.5 Å². The summed E-state index contributed by atoms with van der Waals surface area (Å²) in [5.74, 6) is 0.731. The number of phenolic OH excluding ortho intramolecular Hbond substituents is 1. The van der Waals surface area contributed by atoms with E-state index < -0.39 is 11.6 Å². The fourth-order valence-electron chi connectivity index (χ4n) is 6.33. The Hall–Kier alpha value is -3.78. The first kappa shape index (κ1) is 24.6. The molecule has 0 spiro atoms. The number of rotatable bonds is 7. The van der Waals surface area contributed by atoms with Gasteiger partial charge in [0.15, 0.2) is 0 Å². The van der Waals surface area contributed by atoms with Crippen molar-refractivity contribution in [3.63, 3.8) is 0 Å². The zero-order valence-electron chi connectivity index (χ0n) is 21.9. The minimum absolute atomic E-state index is 0.122. The SMILES string of the molecule is CCOc1ccc2[nH]c3c(c2c1)C[C@@]1(C)C(=O)N(CCCN2CC=CCC2)C(=O)N1[C@@H]3c1cccc(O)c1. The van der Waals surface area contributed by atoms with Crippen LogP contribution in [0.2, 0.25) is 0 Å². The molecule has 198 valence electrons. The number of aromatic nitrogens is 1. The number of nitrogens with zero attached hydrogens (tertiary/aromatic N) is 3. The first-order chi connectivity index (χ1) is 18.4. The summed E-state index contributed by atoms with van der Waals surface area (Å²) in [4.78, 5) is 37.0. The van der Waals surface area contributed by atoms with Crippen LogP contribution < -0.4 is 4.74 Å². The summed E-state index contributed by atoms with van der Waals surface area (Å²) in [5.41, 5.74) is 2.54. The number of hydrogen-bond acceptors (Lipinski definition) is 5. The number of carbonyl (C=O) groups excluding carboxylic acids is 2. The van der Waals surface area contributed by atoms with Crippen molar-refractivity contribution in [1.29, 1.82) is 0 Å². The van der Waals surface area contributed by atoms with Crippen molar-refractivity contribution in [2.45, 2.75) is 44.7 Å². The van der Waals surface area contributed by atoms with Crippen LogP contribution in [0.15, 0.2) is 54.6 Å². The average molecular weight is 515 g/mol. The fraction of sp³-hybridized carbons (Fsp3) is 0.400.